The Kier molecular flexibility index (Phi) is 4.63. The lowest BCUT2D eigenvalue weighted by Crippen LogP contribution is -2.06. The van der Waals surface area contributed by atoms with Crippen LogP contribution in [-0.2, 0) is 17.8 Å². The van der Waals surface area contributed by atoms with E-state index in [1.54, 1.807) is 24.3 Å². The van der Waals surface area contributed by atoms with Crippen LogP contribution in [-0.4, -0.2) is 25.7 Å². The summed E-state index contributed by atoms with van der Waals surface area (Å²) in [6.07, 6.45) is 0.613. The van der Waals surface area contributed by atoms with Gasteiger partial charge < -0.3 is 9.26 Å². The molecule has 0 radical (unpaired) electrons. The van der Waals surface area contributed by atoms with Gasteiger partial charge in [-0.2, -0.15) is 4.98 Å². The summed E-state index contributed by atoms with van der Waals surface area (Å²) in [5.41, 5.74) is 1.38. The Morgan fingerprint density at radius 3 is 2.87 bits per heavy atom. The van der Waals surface area contributed by atoms with Crippen molar-refractivity contribution in [3.8, 4) is 11.4 Å². The zero-order valence-electron chi connectivity index (χ0n) is 12.0. The van der Waals surface area contributed by atoms with Crippen LogP contribution < -0.4 is 0 Å². The Balaban J connectivity index is 1.65. The molecule has 0 saturated heterocycles. The van der Waals surface area contributed by atoms with E-state index in [0.29, 0.717) is 27.8 Å². The van der Waals surface area contributed by atoms with Crippen LogP contribution in [0.5, 0.6) is 0 Å². The highest BCUT2D eigenvalue weighted by Crippen LogP contribution is 2.19. The zero-order valence-corrected chi connectivity index (χ0v) is 13.6. The van der Waals surface area contributed by atoms with Gasteiger partial charge in [0, 0.05) is 10.6 Å². The van der Waals surface area contributed by atoms with Gasteiger partial charge in [-0.1, -0.05) is 28.2 Å². The van der Waals surface area contributed by atoms with Crippen molar-refractivity contribution in [1.82, 2.24) is 19.7 Å². The maximum Gasteiger partial charge on any atom is 0.352 e. The molecule has 3 aromatic rings. The molecule has 0 saturated carbocycles. The first-order chi connectivity index (χ1) is 11.2. The highest BCUT2D eigenvalue weighted by atomic mass is 35.5. The molecule has 9 heteroatoms. The normalized spacial score (nSPS) is 10.7. The predicted molar refractivity (Wildman–Crippen MR) is 83.2 cm³/mol. The fraction of sp³-hybridized carbons (Fsp3) is 0.214. The number of carbonyl (C=O) groups is 1. The minimum absolute atomic E-state index is 0.111. The molecule has 0 aliphatic carbocycles. The van der Waals surface area contributed by atoms with Crippen LogP contribution >= 0.6 is 23.1 Å². The summed E-state index contributed by atoms with van der Waals surface area (Å²) < 4.78 is 14.0. The first kappa shape index (κ1) is 15.6. The summed E-state index contributed by atoms with van der Waals surface area (Å²) in [5.74, 6) is 0.114. The predicted octanol–water partition coefficient (Wildman–Crippen LogP) is 3.16. The van der Waals surface area contributed by atoms with Gasteiger partial charge in [-0.3, -0.25) is 0 Å². The minimum atomic E-state index is -0.497. The summed E-state index contributed by atoms with van der Waals surface area (Å²) in [6, 6.07) is 7.02. The fourth-order valence-corrected chi connectivity index (χ4v) is 2.59. The van der Waals surface area contributed by atoms with E-state index in [9.17, 15) is 4.79 Å². The van der Waals surface area contributed by atoms with E-state index < -0.39 is 5.97 Å². The van der Waals surface area contributed by atoms with E-state index in [-0.39, 0.29) is 12.5 Å². The van der Waals surface area contributed by atoms with E-state index >= 15 is 0 Å². The highest BCUT2D eigenvalue weighted by Gasteiger charge is 2.18. The number of aryl methyl sites for hydroxylation is 1. The Bertz CT molecular complexity index is 816. The SMILES string of the molecule is CCc1nnsc1C(=O)OCc1nc(-c2ccc(Cl)cc2)no1. The molecule has 3 rings (SSSR count). The number of nitrogens with zero attached hydrogens (tertiary/aromatic N) is 4. The first-order valence-corrected chi connectivity index (χ1v) is 7.89. The summed E-state index contributed by atoms with van der Waals surface area (Å²) in [5, 5.41) is 8.34. The van der Waals surface area contributed by atoms with Crippen molar-refractivity contribution in [3.05, 3.63) is 45.7 Å². The molecule has 0 spiro atoms. The zero-order chi connectivity index (χ0) is 16.2. The van der Waals surface area contributed by atoms with Crippen LogP contribution in [0.4, 0.5) is 0 Å². The third kappa shape index (κ3) is 3.54. The second-order valence-electron chi connectivity index (χ2n) is 4.50. The second-order valence-corrected chi connectivity index (χ2v) is 5.69. The number of aromatic nitrogens is 4. The molecule has 0 aliphatic rings. The molecule has 0 N–H and O–H groups in total. The van der Waals surface area contributed by atoms with Crippen LogP contribution in [0.15, 0.2) is 28.8 Å². The van der Waals surface area contributed by atoms with Gasteiger partial charge in [0.05, 0.1) is 5.69 Å². The van der Waals surface area contributed by atoms with Crippen molar-refractivity contribution in [1.29, 1.82) is 0 Å². The average Bonchev–Trinajstić information content (AvgIpc) is 3.22. The van der Waals surface area contributed by atoms with Gasteiger partial charge in [0.25, 0.3) is 5.89 Å². The van der Waals surface area contributed by atoms with Crippen molar-refractivity contribution in [2.45, 2.75) is 20.0 Å². The Hall–Kier alpha value is -2.32. The molecule has 2 heterocycles. The average molecular weight is 351 g/mol. The van der Waals surface area contributed by atoms with Gasteiger partial charge in [-0.15, -0.1) is 5.10 Å². The molecule has 23 heavy (non-hydrogen) atoms. The van der Waals surface area contributed by atoms with Crippen molar-refractivity contribution in [3.63, 3.8) is 0 Å². The number of benzene rings is 1. The van der Waals surface area contributed by atoms with E-state index in [1.807, 2.05) is 6.92 Å². The summed E-state index contributed by atoms with van der Waals surface area (Å²) in [7, 11) is 0. The lowest BCUT2D eigenvalue weighted by Gasteiger charge is -1.99. The molecule has 0 unspecified atom stereocenters. The van der Waals surface area contributed by atoms with Gasteiger partial charge in [-0.25, -0.2) is 4.79 Å². The van der Waals surface area contributed by atoms with E-state index in [4.69, 9.17) is 20.9 Å². The summed E-state index contributed by atoms with van der Waals surface area (Å²) in [4.78, 5) is 16.6. The largest absolute Gasteiger partial charge is 0.451 e. The van der Waals surface area contributed by atoms with Crippen molar-refractivity contribution < 1.29 is 14.1 Å². The van der Waals surface area contributed by atoms with Crippen molar-refractivity contribution >= 4 is 29.1 Å². The van der Waals surface area contributed by atoms with Gasteiger partial charge in [0.1, 0.15) is 0 Å². The molecule has 7 nitrogen and oxygen atoms in total. The molecular formula is C14H11ClN4O3S. The van der Waals surface area contributed by atoms with E-state index in [0.717, 1.165) is 17.1 Å². The summed E-state index contributed by atoms with van der Waals surface area (Å²) in [6.45, 7) is 1.78. The van der Waals surface area contributed by atoms with Gasteiger partial charge >= 0.3 is 5.97 Å². The lowest BCUT2D eigenvalue weighted by atomic mass is 10.2. The van der Waals surface area contributed by atoms with Crippen molar-refractivity contribution in [2.24, 2.45) is 0 Å². The second kappa shape index (κ2) is 6.84. The van der Waals surface area contributed by atoms with Gasteiger partial charge in [0.2, 0.25) is 5.82 Å². The quantitative estimate of drug-likeness (QED) is 0.652. The van der Waals surface area contributed by atoms with Gasteiger partial charge in [-0.05, 0) is 42.2 Å². The van der Waals surface area contributed by atoms with Crippen LogP contribution in [0.3, 0.4) is 0 Å². The number of hydrogen-bond acceptors (Lipinski definition) is 8. The fourth-order valence-electron chi connectivity index (χ4n) is 1.82. The van der Waals surface area contributed by atoms with Crippen LogP contribution in [0, 0.1) is 0 Å². The third-order valence-corrected chi connectivity index (χ3v) is 3.97. The molecule has 0 aliphatic heterocycles. The summed E-state index contributed by atoms with van der Waals surface area (Å²) >= 11 is 6.84. The van der Waals surface area contributed by atoms with E-state index in [2.05, 4.69) is 19.7 Å². The van der Waals surface area contributed by atoms with Crippen LogP contribution in [0.25, 0.3) is 11.4 Å². The van der Waals surface area contributed by atoms with Gasteiger partial charge in [0.15, 0.2) is 11.5 Å². The Morgan fingerprint density at radius 2 is 2.13 bits per heavy atom. The van der Waals surface area contributed by atoms with E-state index in [1.165, 1.54) is 0 Å². The standard InChI is InChI=1S/C14H11ClN4O3S/c1-2-10-12(23-19-17-10)14(20)21-7-11-16-13(18-22-11)8-3-5-9(15)6-4-8/h3-6H,2,7H2,1H3. The monoisotopic (exact) mass is 350 g/mol. The molecule has 2 aromatic heterocycles. The number of esters is 1. The molecule has 1 aromatic carbocycles. The number of ether oxygens (including phenoxy) is 1. The highest BCUT2D eigenvalue weighted by molar-refractivity contribution is 7.07. The number of carbonyl (C=O) groups excluding carboxylic acids is 1. The van der Waals surface area contributed by atoms with Crippen LogP contribution in [0.1, 0.15) is 28.2 Å². The Morgan fingerprint density at radius 1 is 1.35 bits per heavy atom. The third-order valence-electron chi connectivity index (χ3n) is 2.97. The first-order valence-electron chi connectivity index (χ1n) is 6.74. The number of rotatable bonds is 5. The van der Waals surface area contributed by atoms with Crippen molar-refractivity contribution in [2.75, 3.05) is 0 Å². The maximum atomic E-state index is 12.0. The number of halogens is 1. The maximum absolute atomic E-state index is 12.0. The molecule has 0 atom stereocenters. The lowest BCUT2D eigenvalue weighted by molar-refractivity contribution is 0.0434. The molecule has 0 amide bonds. The number of hydrogen-bond donors (Lipinski definition) is 0. The molecular weight excluding hydrogens is 340 g/mol. The molecule has 0 fully saturated rings. The van der Waals surface area contributed by atoms with Crippen LogP contribution in [0.2, 0.25) is 5.02 Å². The Labute approximate surface area is 140 Å². The topological polar surface area (TPSA) is 91.0 Å². The molecule has 0 bridgehead atoms. The molecule has 118 valence electrons. The minimum Gasteiger partial charge on any atom is -0.451 e. The smallest absolute Gasteiger partial charge is 0.352 e.